The third kappa shape index (κ3) is 3.63. The van der Waals surface area contributed by atoms with E-state index in [9.17, 15) is 4.79 Å². The van der Waals surface area contributed by atoms with Gasteiger partial charge in [-0.3, -0.25) is 10.2 Å². The van der Waals surface area contributed by atoms with Crippen LogP contribution < -0.4 is 5.43 Å². The van der Waals surface area contributed by atoms with Gasteiger partial charge in [0.25, 0.3) is 5.91 Å². The number of thioether (sulfide) groups is 2. The molecular formula is C17H24N2OS2. The zero-order chi connectivity index (χ0) is 15.4. The normalized spacial score (nSPS) is 24.5. The number of carbonyl (C=O) groups excluding carboxylic acids is 1. The average Bonchev–Trinajstić information content (AvgIpc) is 2.99. The van der Waals surface area contributed by atoms with Crippen LogP contribution in [0.4, 0.5) is 0 Å². The quantitative estimate of drug-likeness (QED) is 0.907. The Morgan fingerprint density at radius 2 is 2.05 bits per heavy atom. The van der Waals surface area contributed by atoms with E-state index in [1.165, 1.54) is 17.9 Å². The molecule has 1 N–H and O–H groups in total. The number of piperidine rings is 1. The first-order chi connectivity index (χ1) is 10.7. The third-order valence-electron chi connectivity index (χ3n) is 4.44. The van der Waals surface area contributed by atoms with Gasteiger partial charge in [0.15, 0.2) is 0 Å². The van der Waals surface area contributed by atoms with Gasteiger partial charge in [-0.1, -0.05) is 31.5 Å². The van der Waals surface area contributed by atoms with E-state index in [-0.39, 0.29) is 5.91 Å². The fourth-order valence-electron chi connectivity index (χ4n) is 3.33. The summed E-state index contributed by atoms with van der Waals surface area (Å²) in [6.45, 7) is 3.19. The molecule has 2 fully saturated rings. The van der Waals surface area contributed by atoms with E-state index in [4.69, 9.17) is 0 Å². The Hall–Kier alpha value is -0.650. The van der Waals surface area contributed by atoms with Gasteiger partial charge in [0.05, 0.1) is 4.08 Å². The van der Waals surface area contributed by atoms with E-state index >= 15 is 0 Å². The van der Waals surface area contributed by atoms with Crippen LogP contribution in [0.25, 0.3) is 0 Å². The Morgan fingerprint density at radius 1 is 1.32 bits per heavy atom. The minimum Gasteiger partial charge on any atom is -0.285 e. The number of hydrogen-bond donors (Lipinski definition) is 1. The second-order valence-corrected chi connectivity index (χ2v) is 9.22. The predicted octanol–water partition coefficient (Wildman–Crippen LogP) is 3.77. The Morgan fingerprint density at radius 3 is 2.73 bits per heavy atom. The number of nitrogens with zero attached hydrogens (tertiary/aromatic N) is 1. The summed E-state index contributed by atoms with van der Waals surface area (Å²) in [7, 11) is 0. The van der Waals surface area contributed by atoms with Gasteiger partial charge in [0, 0.05) is 29.7 Å². The molecule has 0 unspecified atom stereocenters. The first-order valence-electron chi connectivity index (χ1n) is 8.13. The highest BCUT2D eigenvalue weighted by molar-refractivity contribution is 8.21. The predicted molar refractivity (Wildman–Crippen MR) is 96.2 cm³/mol. The van der Waals surface area contributed by atoms with Gasteiger partial charge in [0.2, 0.25) is 0 Å². The molecule has 120 valence electrons. The lowest BCUT2D eigenvalue weighted by Crippen LogP contribution is -2.55. The first-order valence-corrected chi connectivity index (χ1v) is 10.1. The molecule has 2 heterocycles. The fourth-order valence-corrected chi connectivity index (χ4v) is 6.66. The van der Waals surface area contributed by atoms with Gasteiger partial charge in [-0.2, -0.15) is 0 Å². The zero-order valence-corrected chi connectivity index (χ0v) is 14.7. The third-order valence-corrected chi connectivity index (χ3v) is 8.01. The van der Waals surface area contributed by atoms with Crippen molar-refractivity contribution in [2.75, 3.05) is 18.1 Å². The summed E-state index contributed by atoms with van der Waals surface area (Å²) < 4.78 is 0.411. The molecule has 0 aliphatic carbocycles. The van der Waals surface area contributed by atoms with E-state index in [1.54, 1.807) is 0 Å². The molecule has 22 heavy (non-hydrogen) atoms. The van der Waals surface area contributed by atoms with Gasteiger partial charge < -0.3 is 0 Å². The summed E-state index contributed by atoms with van der Waals surface area (Å²) in [5.41, 5.74) is 3.89. The van der Waals surface area contributed by atoms with E-state index in [2.05, 4.69) is 40.9 Å². The standard InChI is InChI=1S/C17H24N2OS2/c1-2-6-15-13-17(21-11-12-22-17)9-10-19(15)18-16(20)14-7-4-3-5-8-14/h3-5,7-8,15H,2,6,9-13H2,1H3,(H,18,20)/t15-/m0/s1. The largest absolute Gasteiger partial charge is 0.285 e. The maximum atomic E-state index is 12.4. The molecule has 2 aliphatic heterocycles. The molecule has 0 aromatic heterocycles. The van der Waals surface area contributed by atoms with Gasteiger partial charge in [-0.05, 0) is 31.4 Å². The Bertz CT molecular complexity index is 503. The summed E-state index contributed by atoms with van der Waals surface area (Å²) in [5.74, 6) is 2.57. The molecular weight excluding hydrogens is 312 g/mol. The van der Waals surface area contributed by atoms with Crippen LogP contribution in [0.5, 0.6) is 0 Å². The monoisotopic (exact) mass is 336 g/mol. The van der Waals surface area contributed by atoms with Crippen LogP contribution in [0.3, 0.4) is 0 Å². The summed E-state index contributed by atoms with van der Waals surface area (Å²) >= 11 is 4.27. The Kier molecular flexibility index (Phi) is 5.37. The molecule has 3 nitrogen and oxygen atoms in total. The van der Waals surface area contributed by atoms with Crippen molar-refractivity contribution in [3.05, 3.63) is 35.9 Å². The lowest BCUT2D eigenvalue weighted by Gasteiger charge is -2.44. The molecule has 0 bridgehead atoms. The molecule has 1 atom stereocenters. The van der Waals surface area contributed by atoms with Crippen LogP contribution in [-0.2, 0) is 0 Å². The lowest BCUT2D eigenvalue weighted by atomic mass is 9.99. The van der Waals surface area contributed by atoms with Gasteiger partial charge in [-0.15, -0.1) is 23.5 Å². The maximum Gasteiger partial charge on any atom is 0.265 e. The minimum absolute atomic E-state index is 0.0179. The van der Waals surface area contributed by atoms with E-state index in [0.29, 0.717) is 10.1 Å². The number of amides is 1. The maximum absolute atomic E-state index is 12.4. The highest BCUT2D eigenvalue weighted by atomic mass is 32.2. The van der Waals surface area contributed by atoms with Crippen molar-refractivity contribution in [1.82, 2.24) is 10.4 Å². The first kappa shape index (κ1) is 16.2. The van der Waals surface area contributed by atoms with Crippen molar-refractivity contribution in [2.24, 2.45) is 0 Å². The SMILES string of the molecule is CCC[C@H]1CC2(CCN1NC(=O)c1ccccc1)SCCS2. The van der Waals surface area contributed by atoms with Crippen molar-refractivity contribution in [1.29, 1.82) is 0 Å². The summed E-state index contributed by atoms with van der Waals surface area (Å²) in [6.07, 6.45) is 4.66. The van der Waals surface area contributed by atoms with Crippen molar-refractivity contribution in [3.8, 4) is 0 Å². The van der Waals surface area contributed by atoms with Crippen molar-refractivity contribution < 1.29 is 4.79 Å². The van der Waals surface area contributed by atoms with Crippen LogP contribution in [0.1, 0.15) is 43.0 Å². The van der Waals surface area contributed by atoms with Crippen LogP contribution >= 0.6 is 23.5 Å². The minimum atomic E-state index is 0.0179. The number of rotatable bonds is 4. The van der Waals surface area contributed by atoms with Gasteiger partial charge in [-0.25, -0.2) is 5.01 Å². The van der Waals surface area contributed by atoms with E-state index < -0.39 is 0 Å². The summed E-state index contributed by atoms with van der Waals surface area (Å²) in [5, 5.41) is 2.20. The number of nitrogens with one attached hydrogen (secondary N) is 1. The Balaban J connectivity index is 1.66. The number of carbonyl (C=O) groups is 1. The molecule has 3 rings (SSSR count). The highest BCUT2D eigenvalue weighted by Crippen LogP contribution is 2.52. The molecule has 5 heteroatoms. The lowest BCUT2D eigenvalue weighted by molar-refractivity contribution is 0.0543. The smallest absolute Gasteiger partial charge is 0.265 e. The molecule has 1 aromatic carbocycles. The van der Waals surface area contributed by atoms with E-state index in [0.717, 1.165) is 31.4 Å². The topological polar surface area (TPSA) is 32.3 Å². The molecule has 2 aliphatic rings. The number of hydrazine groups is 1. The second kappa shape index (κ2) is 7.28. The average molecular weight is 337 g/mol. The number of hydrogen-bond acceptors (Lipinski definition) is 4. The second-order valence-electron chi connectivity index (χ2n) is 6.00. The van der Waals surface area contributed by atoms with Crippen molar-refractivity contribution >= 4 is 29.4 Å². The van der Waals surface area contributed by atoms with E-state index in [1.807, 2.05) is 30.3 Å². The van der Waals surface area contributed by atoms with Crippen LogP contribution in [0.15, 0.2) is 30.3 Å². The van der Waals surface area contributed by atoms with Crippen LogP contribution in [0, 0.1) is 0 Å². The molecule has 1 amide bonds. The number of benzene rings is 1. The Labute approximate surface area is 141 Å². The zero-order valence-electron chi connectivity index (χ0n) is 13.1. The summed E-state index contributed by atoms with van der Waals surface area (Å²) in [6, 6.07) is 9.97. The van der Waals surface area contributed by atoms with Crippen molar-refractivity contribution in [3.63, 3.8) is 0 Å². The molecule has 1 spiro atoms. The molecule has 2 saturated heterocycles. The fraction of sp³-hybridized carbons (Fsp3) is 0.588. The highest BCUT2D eigenvalue weighted by Gasteiger charge is 2.43. The van der Waals surface area contributed by atoms with Gasteiger partial charge in [0.1, 0.15) is 0 Å². The molecule has 1 aromatic rings. The van der Waals surface area contributed by atoms with Crippen molar-refractivity contribution in [2.45, 2.75) is 42.7 Å². The summed E-state index contributed by atoms with van der Waals surface area (Å²) in [4.78, 5) is 12.4. The molecule has 0 saturated carbocycles. The van der Waals surface area contributed by atoms with Crippen LogP contribution in [-0.4, -0.2) is 39.1 Å². The molecule has 0 radical (unpaired) electrons. The van der Waals surface area contributed by atoms with Crippen LogP contribution in [0.2, 0.25) is 0 Å². The van der Waals surface area contributed by atoms with Gasteiger partial charge >= 0.3 is 0 Å².